The van der Waals surface area contributed by atoms with Crippen molar-refractivity contribution in [1.82, 2.24) is 10.0 Å². The minimum Gasteiger partial charge on any atom is -0.496 e. The number of unbranched alkanes of at least 4 members (excludes halogenated alkanes) is 2. The van der Waals surface area contributed by atoms with Crippen LogP contribution >= 0.6 is 0 Å². The Bertz CT molecular complexity index is 585. The fraction of sp³-hybridized carbons (Fsp3) is 0.500. The molecule has 1 rings (SSSR count). The number of carbonyl (C=O) groups excluding carboxylic acids is 1. The molecule has 0 aliphatic heterocycles. The summed E-state index contributed by atoms with van der Waals surface area (Å²) in [7, 11) is -0.708. The first-order chi connectivity index (χ1) is 9.96. The predicted octanol–water partition coefficient (Wildman–Crippen LogP) is 1.52. The number of ether oxygens (including phenoxy) is 1. The number of methoxy groups -OCH3 is 1. The van der Waals surface area contributed by atoms with Gasteiger partial charge in [0.1, 0.15) is 5.75 Å². The Morgan fingerprint density at radius 3 is 2.57 bits per heavy atom. The summed E-state index contributed by atoms with van der Waals surface area (Å²) in [6, 6.07) is 4.22. The van der Waals surface area contributed by atoms with Crippen LogP contribution in [0.5, 0.6) is 5.75 Å². The van der Waals surface area contributed by atoms with E-state index in [0.717, 1.165) is 19.3 Å². The van der Waals surface area contributed by atoms with Crippen molar-refractivity contribution in [3.8, 4) is 5.75 Å². The monoisotopic (exact) mass is 314 g/mol. The zero-order chi connectivity index (χ0) is 15.9. The van der Waals surface area contributed by atoms with E-state index in [1.54, 1.807) is 0 Å². The van der Waals surface area contributed by atoms with Gasteiger partial charge >= 0.3 is 0 Å². The van der Waals surface area contributed by atoms with Crippen molar-refractivity contribution in [2.24, 2.45) is 0 Å². The third-order valence-electron chi connectivity index (χ3n) is 3.03. The van der Waals surface area contributed by atoms with Crippen LogP contribution in [0.15, 0.2) is 23.1 Å². The van der Waals surface area contributed by atoms with Crippen LogP contribution in [0, 0.1) is 0 Å². The fourth-order valence-corrected chi connectivity index (χ4v) is 2.93. The summed E-state index contributed by atoms with van der Waals surface area (Å²) in [6.45, 7) is 2.44. The number of benzene rings is 1. The molecule has 1 aromatic rings. The highest BCUT2D eigenvalue weighted by atomic mass is 32.2. The van der Waals surface area contributed by atoms with Crippen LogP contribution in [0.4, 0.5) is 0 Å². The van der Waals surface area contributed by atoms with Gasteiger partial charge in [0.25, 0.3) is 5.91 Å². The molecule has 0 saturated heterocycles. The van der Waals surface area contributed by atoms with Crippen LogP contribution in [0.2, 0.25) is 0 Å². The Morgan fingerprint density at radius 2 is 2.00 bits per heavy atom. The van der Waals surface area contributed by atoms with Gasteiger partial charge in [-0.05, 0) is 24.6 Å². The van der Waals surface area contributed by atoms with Crippen LogP contribution in [-0.4, -0.2) is 35.0 Å². The zero-order valence-corrected chi connectivity index (χ0v) is 13.4. The summed E-state index contributed by atoms with van der Waals surface area (Å²) in [5.41, 5.74) is 0.191. The molecule has 0 aliphatic rings. The summed E-state index contributed by atoms with van der Waals surface area (Å²) in [4.78, 5) is 11.8. The van der Waals surface area contributed by atoms with Crippen molar-refractivity contribution < 1.29 is 17.9 Å². The van der Waals surface area contributed by atoms with E-state index in [1.807, 2.05) is 6.92 Å². The van der Waals surface area contributed by atoms with Gasteiger partial charge in [0, 0.05) is 13.6 Å². The van der Waals surface area contributed by atoms with E-state index in [-0.39, 0.29) is 10.5 Å². The molecule has 0 radical (unpaired) electrons. The largest absolute Gasteiger partial charge is 0.496 e. The molecule has 2 N–H and O–H groups in total. The maximum atomic E-state index is 12.2. The van der Waals surface area contributed by atoms with Crippen molar-refractivity contribution in [1.29, 1.82) is 0 Å². The predicted molar refractivity (Wildman–Crippen MR) is 81.1 cm³/mol. The molecule has 0 atom stereocenters. The third-order valence-corrected chi connectivity index (χ3v) is 4.48. The fourth-order valence-electron chi connectivity index (χ4n) is 1.83. The molecule has 0 bridgehead atoms. The highest BCUT2D eigenvalue weighted by molar-refractivity contribution is 7.89. The minimum atomic E-state index is -3.62. The van der Waals surface area contributed by atoms with Gasteiger partial charge in [-0.25, -0.2) is 13.1 Å². The SMILES string of the molecule is CCCCCNS(=O)(=O)c1ccc(OC)c(C(=O)NC)c1. The highest BCUT2D eigenvalue weighted by Gasteiger charge is 2.18. The van der Waals surface area contributed by atoms with Crippen LogP contribution in [0.1, 0.15) is 36.5 Å². The third kappa shape index (κ3) is 4.71. The molecule has 1 aromatic carbocycles. The van der Waals surface area contributed by atoms with Crippen molar-refractivity contribution in [3.05, 3.63) is 23.8 Å². The lowest BCUT2D eigenvalue weighted by Gasteiger charge is -2.11. The van der Waals surface area contributed by atoms with Crippen LogP contribution in [-0.2, 0) is 10.0 Å². The van der Waals surface area contributed by atoms with Crippen molar-refractivity contribution in [2.75, 3.05) is 20.7 Å². The van der Waals surface area contributed by atoms with Gasteiger partial charge in [0.2, 0.25) is 10.0 Å². The van der Waals surface area contributed by atoms with Crippen LogP contribution < -0.4 is 14.8 Å². The Hall–Kier alpha value is -1.60. The molecule has 118 valence electrons. The number of hydrogen-bond donors (Lipinski definition) is 2. The molecule has 7 heteroatoms. The van der Waals surface area contributed by atoms with Gasteiger partial charge in [-0.2, -0.15) is 0 Å². The highest BCUT2D eigenvalue weighted by Crippen LogP contribution is 2.22. The maximum Gasteiger partial charge on any atom is 0.254 e. The normalized spacial score (nSPS) is 11.2. The van der Waals surface area contributed by atoms with E-state index in [1.165, 1.54) is 32.4 Å². The molecule has 0 heterocycles. The first-order valence-electron chi connectivity index (χ1n) is 6.86. The standard InChI is InChI=1S/C14H22N2O4S/c1-4-5-6-9-16-21(18,19)11-7-8-13(20-3)12(10-11)14(17)15-2/h7-8,10,16H,4-6,9H2,1-3H3,(H,15,17). The topological polar surface area (TPSA) is 84.5 Å². The van der Waals surface area contributed by atoms with Gasteiger partial charge < -0.3 is 10.1 Å². The van der Waals surface area contributed by atoms with Gasteiger partial charge in [0.05, 0.1) is 17.6 Å². The number of hydrogen-bond acceptors (Lipinski definition) is 4. The van der Waals surface area contributed by atoms with Crippen LogP contribution in [0.25, 0.3) is 0 Å². The Labute approximate surface area is 125 Å². The molecule has 6 nitrogen and oxygen atoms in total. The number of nitrogens with one attached hydrogen (secondary N) is 2. The first-order valence-corrected chi connectivity index (χ1v) is 8.34. The molecule has 0 spiro atoms. The summed E-state index contributed by atoms with van der Waals surface area (Å²) < 4.78 is 32.0. The second kappa shape index (κ2) is 7.99. The molecule has 0 fully saturated rings. The summed E-state index contributed by atoms with van der Waals surface area (Å²) in [6.07, 6.45) is 2.77. The first kappa shape index (κ1) is 17.5. The van der Waals surface area contributed by atoms with Crippen molar-refractivity contribution in [2.45, 2.75) is 31.1 Å². The molecule has 21 heavy (non-hydrogen) atoms. The van der Waals surface area contributed by atoms with Crippen molar-refractivity contribution >= 4 is 15.9 Å². The van der Waals surface area contributed by atoms with Crippen LogP contribution in [0.3, 0.4) is 0 Å². The average molecular weight is 314 g/mol. The van der Waals surface area contributed by atoms with E-state index < -0.39 is 15.9 Å². The number of rotatable bonds is 8. The quantitative estimate of drug-likeness (QED) is 0.713. The molecule has 0 unspecified atom stereocenters. The van der Waals surface area contributed by atoms with Gasteiger partial charge in [-0.1, -0.05) is 19.8 Å². The second-order valence-electron chi connectivity index (χ2n) is 4.55. The van der Waals surface area contributed by atoms with E-state index in [2.05, 4.69) is 10.0 Å². The van der Waals surface area contributed by atoms with E-state index in [0.29, 0.717) is 12.3 Å². The lowest BCUT2D eigenvalue weighted by Crippen LogP contribution is -2.25. The lowest BCUT2D eigenvalue weighted by molar-refractivity contribution is 0.0960. The average Bonchev–Trinajstić information content (AvgIpc) is 2.50. The smallest absolute Gasteiger partial charge is 0.254 e. The molecule has 0 aliphatic carbocycles. The number of sulfonamides is 1. The summed E-state index contributed by atoms with van der Waals surface area (Å²) in [5, 5.41) is 2.46. The van der Waals surface area contributed by atoms with E-state index in [4.69, 9.17) is 4.74 Å². The minimum absolute atomic E-state index is 0.0541. The van der Waals surface area contributed by atoms with E-state index in [9.17, 15) is 13.2 Å². The Morgan fingerprint density at radius 1 is 1.29 bits per heavy atom. The Balaban J connectivity index is 2.99. The summed E-state index contributed by atoms with van der Waals surface area (Å²) in [5.74, 6) is -0.0610. The number of carbonyl (C=O) groups is 1. The van der Waals surface area contributed by atoms with Gasteiger partial charge in [-0.15, -0.1) is 0 Å². The van der Waals surface area contributed by atoms with Gasteiger partial charge in [0.15, 0.2) is 0 Å². The number of amides is 1. The molecule has 0 aromatic heterocycles. The van der Waals surface area contributed by atoms with E-state index >= 15 is 0 Å². The molecule has 0 saturated carbocycles. The molecular weight excluding hydrogens is 292 g/mol. The Kier molecular flexibility index (Phi) is 6.64. The second-order valence-corrected chi connectivity index (χ2v) is 6.31. The van der Waals surface area contributed by atoms with Gasteiger partial charge in [-0.3, -0.25) is 4.79 Å². The zero-order valence-electron chi connectivity index (χ0n) is 12.6. The maximum absolute atomic E-state index is 12.2. The summed E-state index contributed by atoms with van der Waals surface area (Å²) >= 11 is 0. The molecular formula is C14H22N2O4S. The lowest BCUT2D eigenvalue weighted by atomic mass is 10.2. The molecule has 1 amide bonds. The van der Waals surface area contributed by atoms with Crippen molar-refractivity contribution in [3.63, 3.8) is 0 Å².